The molecule has 2 aromatic rings. The van der Waals surface area contributed by atoms with Crippen LogP contribution in [-0.2, 0) is 0 Å². The maximum Gasteiger partial charge on any atom is 0.284 e. The Balaban J connectivity index is 1.85. The minimum absolute atomic E-state index is 0.0587. The fourth-order valence-electron chi connectivity index (χ4n) is 2.58. The number of nitro benzene ring substituents is 1. The smallest absolute Gasteiger partial charge is 0.284 e. The Labute approximate surface area is 153 Å². The molecule has 1 aliphatic heterocycles. The molecule has 7 nitrogen and oxygen atoms in total. The van der Waals surface area contributed by atoms with Crippen LogP contribution in [0.3, 0.4) is 0 Å². The molecular formula is C16H18N4O3S2. The molecule has 0 saturated carbocycles. The summed E-state index contributed by atoms with van der Waals surface area (Å²) in [6, 6.07) is 4.68. The molecular weight excluding hydrogens is 360 g/mol. The van der Waals surface area contributed by atoms with E-state index in [1.807, 2.05) is 12.3 Å². The van der Waals surface area contributed by atoms with E-state index in [0.29, 0.717) is 23.5 Å². The van der Waals surface area contributed by atoms with E-state index in [0.717, 1.165) is 29.5 Å². The number of aryl methyl sites for hydroxylation is 1. The lowest BCUT2D eigenvalue weighted by molar-refractivity contribution is -0.387. The number of carbonyl (C=O) groups excluding carboxylic acids is 1. The zero-order valence-electron chi connectivity index (χ0n) is 13.7. The van der Waals surface area contributed by atoms with Crippen molar-refractivity contribution in [3.63, 3.8) is 0 Å². The topological polar surface area (TPSA) is 88.4 Å². The van der Waals surface area contributed by atoms with E-state index in [1.165, 1.54) is 29.2 Å². The standard InChI is InChI=1S/C16H18N4O3S2/c1-11-10-24-16(18-11)25-14-4-3-12(9-13(14)20(22)23)15(21)19-7-2-5-17-6-8-19/h3-4,9-10,17H,2,5-8H2,1H3. The fraction of sp³-hybridized carbons (Fsp3) is 0.375. The zero-order valence-corrected chi connectivity index (χ0v) is 15.4. The molecule has 9 heteroatoms. The van der Waals surface area contributed by atoms with Crippen molar-refractivity contribution in [1.29, 1.82) is 0 Å². The molecule has 1 aromatic heterocycles. The molecule has 0 unspecified atom stereocenters. The van der Waals surface area contributed by atoms with Gasteiger partial charge in [0, 0.05) is 42.3 Å². The van der Waals surface area contributed by atoms with Gasteiger partial charge in [0.1, 0.15) is 0 Å². The summed E-state index contributed by atoms with van der Waals surface area (Å²) in [5, 5.41) is 16.6. The van der Waals surface area contributed by atoms with E-state index in [1.54, 1.807) is 17.0 Å². The molecule has 1 saturated heterocycles. The van der Waals surface area contributed by atoms with Gasteiger partial charge in [-0.15, -0.1) is 11.3 Å². The van der Waals surface area contributed by atoms with Crippen LogP contribution in [0.15, 0.2) is 32.8 Å². The number of aromatic nitrogens is 1. The summed E-state index contributed by atoms with van der Waals surface area (Å²) >= 11 is 2.70. The minimum atomic E-state index is -0.441. The van der Waals surface area contributed by atoms with Crippen LogP contribution in [0.5, 0.6) is 0 Å². The van der Waals surface area contributed by atoms with E-state index in [2.05, 4.69) is 10.3 Å². The quantitative estimate of drug-likeness (QED) is 0.650. The van der Waals surface area contributed by atoms with Crippen LogP contribution in [0.2, 0.25) is 0 Å². The average Bonchev–Trinajstić information content (AvgIpc) is 2.85. The van der Waals surface area contributed by atoms with E-state index in [4.69, 9.17) is 0 Å². The molecule has 0 bridgehead atoms. The number of nitro groups is 1. The maximum absolute atomic E-state index is 12.7. The first-order valence-corrected chi connectivity index (χ1v) is 9.62. The van der Waals surface area contributed by atoms with E-state index in [9.17, 15) is 14.9 Å². The molecule has 3 rings (SSSR count). The predicted octanol–water partition coefficient (Wildman–Crippen LogP) is 2.95. The highest BCUT2D eigenvalue weighted by molar-refractivity contribution is 8.01. The van der Waals surface area contributed by atoms with Gasteiger partial charge in [0.25, 0.3) is 11.6 Å². The Kier molecular flexibility index (Phi) is 5.67. The van der Waals surface area contributed by atoms with Crippen LogP contribution in [-0.4, -0.2) is 46.9 Å². The molecule has 2 heterocycles. The van der Waals surface area contributed by atoms with Crippen molar-refractivity contribution in [1.82, 2.24) is 15.2 Å². The molecule has 1 aliphatic rings. The number of hydrogen-bond donors (Lipinski definition) is 1. The second-order valence-electron chi connectivity index (χ2n) is 5.69. The summed E-state index contributed by atoms with van der Waals surface area (Å²) in [5.74, 6) is -0.159. The summed E-state index contributed by atoms with van der Waals surface area (Å²) in [4.78, 5) is 30.2. The lowest BCUT2D eigenvalue weighted by Gasteiger charge is -2.20. The highest BCUT2D eigenvalue weighted by atomic mass is 32.2. The molecule has 1 fully saturated rings. The van der Waals surface area contributed by atoms with Crippen molar-refractivity contribution >= 4 is 34.7 Å². The maximum atomic E-state index is 12.7. The summed E-state index contributed by atoms with van der Waals surface area (Å²) in [6.45, 7) is 4.78. The molecule has 0 atom stereocenters. The van der Waals surface area contributed by atoms with Gasteiger partial charge in [-0.3, -0.25) is 14.9 Å². The number of rotatable bonds is 4. The first-order valence-electron chi connectivity index (χ1n) is 7.93. The Morgan fingerprint density at radius 3 is 2.96 bits per heavy atom. The van der Waals surface area contributed by atoms with Gasteiger partial charge in [0.2, 0.25) is 0 Å². The SMILES string of the molecule is Cc1csc(Sc2ccc(C(=O)N3CCCNCC3)cc2[N+](=O)[O-])n1. The summed E-state index contributed by atoms with van der Waals surface area (Å²) in [5.41, 5.74) is 1.18. The van der Waals surface area contributed by atoms with Crippen LogP contribution in [0, 0.1) is 17.0 Å². The van der Waals surface area contributed by atoms with E-state index >= 15 is 0 Å². The largest absolute Gasteiger partial charge is 0.337 e. The van der Waals surface area contributed by atoms with Crippen molar-refractivity contribution in [3.8, 4) is 0 Å². The lowest BCUT2D eigenvalue weighted by Crippen LogP contribution is -2.34. The average molecular weight is 378 g/mol. The van der Waals surface area contributed by atoms with Crippen LogP contribution in [0.1, 0.15) is 22.5 Å². The Morgan fingerprint density at radius 2 is 2.24 bits per heavy atom. The summed E-state index contributed by atoms with van der Waals surface area (Å²) in [6.07, 6.45) is 0.880. The third-order valence-corrected chi connectivity index (χ3v) is 5.95. The van der Waals surface area contributed by atoms with Gasteiger partial charge < -0.3 is 10.2 Å². The number of benzene rings is 1. The van der Waals surface area contributed by atoms with Gasteiger partial charge in [0.05, 0.1) is 9.82 Å². The number of nitrogens with zero attached hydrogens (tertiary/aromatic N) is 3. The lowest BCUT2D eigenvalue weighted by atomic mass is 10.1. The Morgan fingerprint density at radius 1 is 1.40 bits per heavy atom. The van der Waals surface area contributed by atoms with Gasteiger partial charge in [-0.1, -0.05) is 11.8 Å². The van der Waals surface area contributed by atoms with E-state index < -0.39 is 4.92 Å². The van der Waals surface area contributed by atoms with Gasteiger partial charge in [-0.2, -0.15) is 0 Å². The highest BCUT2D eigenvalue weighted by Gasteiger charge is 2.22. The van der Waals surface area contributed by atoms with Crippen molar-refractivity contribution in [2.75, 3.05) is 26.2 Å². The third kappa shape index (κ3) is 4.36. The van der Waals surface area contributed by atoms with Crippen molar-refractivity contribution in [2.24, 2.45) is 0 Å². The number of hydrogen-bond acceptors (Lipinski definition) is 7. The number of amides is 1. The second-order valence-corrected chi connectivity index (χ2v) is 7.84. The molecule has 25 heavy (non-hydrogen) atoms. The molecule has 1 aromatic carbocycles. The molecule has 1 N–H and O–H groups in total. The molecule has 132 valence electrons. The second kappa shape index (κ2) is 7.94. The minimum Gasteiger partial charge on any atom is -0.337 e. The molecule has 0 aliphatic carbocycles. The van der Waals surface area contributed by atoms with Crippen molar-refractivity contribution in [3.05, 3.63) is 45.0 Å². The van der Waals surface area contributed by atoms with Crippen LogP contribution < -0.4 is 5.32 Å². The van der Waals surface area contributed by atoms with Gasteiger partial charge in [-0.05, 0) is 32.0 Å². The summed E-state index contributed by atoms with van der Waals surface area (Å²) in [7, 11) is 0. The van der Waals surface area contributed by atoms with Gasteiger partial charge >= 0.3 is 0 Å². The van der Waals surface area contributed by atoms with Crippen LogP contribution >= 0.6 is 23.1 Å². The monoisotopic (exact) mass is 378 g/mol. The third-order valence-electron chi connectivity index (χ3n) is 3.83. The summed E-state index contributed by atoms with van der Waals surface area (Å²) < 4.78 is 0.748. The van der Waals surface area contributed by atoms with Crippen LogP contribution in [0.4, 0.5) is 5.69 Å². The Hall–Kier alpha value is -1.97. The molecule has 0 spiro atoms. The van der Waals surface area contributed by atoms with Gasteiger partial charge in [0.15, 0.2) is 4.34 Å². The number of thiazole rings is 1. The normalized spacial score (nSPS) is 15.0. The van der Waals surface area contributed by atoms with Crippen molar-refractivity contribution in [2.45, 2.75) is 22.6 Å². The van der Waals surface area contributed by atoms with Crippen LogP contribution in [0.25, 0.3) is 0 Å². The number of carbonyl (C=O) groups is 1. The number of nitrogens with one attached hydrogen (secondary N) is 1. The Bertz CT molecular complexity index is 785. The molecule has 0 radical (unpaired) electrons. The fourth-order valence-corrected chi connectivity index (χ4v) is 4.46. The first kappa shape index (κ1) is 17.8. The highest BCUT2D eigenvalue weighted by Crippen LogP contribution is 2.37. The first-order chi connectivity index (χ1) is 12.0. The predicted molar refractivity (Wildman–Crippen MR) is 97.5 cm³/mol. The van der Waals surface area contributed by atoms with Gasteiger partial charge in [-0.25, -0.2) is 4.98 Å². The van der Waals surface area contributed by atoms with E-state index in [-0.39, 0.29) is 11.6 Å². The van der Waals surface area contributed by atoms with Crippen molar-refractivity contribution < 1.29 is 9.72 Å². The molecule has 1 amide bonds. The zero-order chi connectivity index (χ0) is 17.8.